The molecule has 0 amide bonds. The fraction of sp³-hybridized carbons (Fsp3) is 0.677. The molecule has 0 aliphatic rings. The molecule has 0 N–H and O–H groups in total. The molecule has 0 fully saturated rings. The van der Waals surface area contributed by atoms with Gasteiger partial charge in [0.05, 0.1) is 0 Å². The summed E-state index contributed by atoms with van der Waals surface area (Å²) in [7, 11) is 0. The van der Waals surface area contributed by atoms with Gasteiger partial charge in [-0.3, -0.25) is 14.4 Å². The highest BCUT2D eigenvalue weighted by molar-refractivity contribution is 5.71. The molecule has 0 rings (SSSR count). The minimum atomic E-state index is -0.799. The van der Waals surface area contributed by atoms with Gasteiger partial charge in [0, 0.05) is 19.3 Å². The zero-order valence-electron chi connectivity index (χ0n) is 46.2. The minimum Gasteiger partial charge on any atom is -0.462 e. The fourth-order valence-corrected chi connectivity index (χ4v) is 7.89. The van der Waals surface area contributed by atoms with Crippen molar-refractivity contribution in [3.8, 4) is 0 Å². The molecule has 6 heteroatoms. The maximum Gasteiger partial charge on any atom is 0.306 e. The highest BCUT2D eigenvalue weighted by atomic mass is 16.6. The van der Waals surface area contributed by atoms with Crippen molar-refractivity contribution < 1.29 is 28.6 Å². The second-order valence-electron chi connectivity index (χ2n) is 19.1. The Balaban J connectivity index is 4.41. The molecule has 1 atom stereocenters. The maximum atomic E-state index is 12.9. The fourth-order valence-electron chi connectivity index (χ4n) is 7.89. The third-order valence-corrected chi connectivity index (χ3v) is 12.2. The smallest absolute Gasteiger partial charge is 0.306 e. The molecule has 6 nitrogen and oxygen atoms in total. The van der Waals surface area contributed by atoms with E-state index in [1.54, 1.807) is 0 Å². The van der Waals surface area contributed by atoms with E-state index < -0.39 is 6.10 Å². The van der Waals surface area contributed by atoms with Crippen LogP contribution in [0.3, 0.4) is 0 Å². The van der Waals surface area contributed by atoms with Crippen LogP contribution in [0.2, 0.25) is 0 Å². The molecule has 0 bridgehead atoms. The number of hydrogen-bond donors (Lipinski definition) is 0. The van der Waals surface area contributed by atoms with Crippen LogP contribution < -0.4 is 0 Å². The van der Waals surface area contributed by atoms with E-state index in [-0.39, 0.29) is 31.1 Å². The predicted octanol–water partition coefficient (Wildman–Crippen LogP) is 19.9. The summed E-state index contributed by atoms with van der Waals surface area (Å²) in [6.45, 7) is 6.37. The van der Waals surface area contributed by atoms with Crippen molar-refractivity contribution in [2.24, 2.45) is 0 Å². The summed E-state index contributed by atoms with van der Waals surface area (Å²) in [5.74, 6) is -0.939. The molecule has 0 aliphatic carbocycles. The summed E-state index contributed by atoms with van der Waals surface area (Å²) in [4.78, 5) is 38.2. The predicted molar refractivity (Wildman–Crippen MR) is 307 cm³/mol. The summed E-state index contributed by atoms with van der Waals surface area (Å²) in [6.07, 6.45) is 79.4. The first-order valence-electron chi connectivity index (χ1n) is 29.4. The van der Waals surface area contributed by atoms with Gasteiger partial charge in [0.25, 0.3) is 0 Å². The topological polar surface area (TPSA) is 78.9 Å². The molecule has 0 heterocycles. The Hall–Kier alpha value is -3.93. The van der Waals surface area contributed by atoms with Crippen molar-refractivity contribution in [1.82, 2.24) is 0 Å². The van der Waals surface area contributed by atoms with Crippen LogP contribution in [-0.2, 0) is 28.6 Å². The summed E-state index contributed by atoms with van der Waals surface area (Å²) >= 11 is 0. The van der Waals surface area contributed by atoms with Crippen LogP contribution in [0.15, 0.2) is 109 Å². The third-order valence-electron chi connectivity index (χ3n) is 12.2. The zero-order chi connectivity index (χ0) is 51.4. The van der Waals surface area contributed by atoms with Gasteiger partial charge in [-0.25, -0.2) is 0 Å². The van der Waals surface area contributed by atoms with Gasteiger partial charge in [-0.15, -0.1) is 0 Å². The van der Waals surface area contributed by atoms with Crippen molar-refractivity contribution in [1.29, 1.82) is 0 Å². The van der Waals surface area contributed by atoms with Gasteiger partial charge in [0.1, 0.15) is 13.2 Å². The Morgan fingerprint density at radius 3 is 0.887 bits per heavy atom. The van der Waals surface area contributed by atoms with Crippen molar-refractivity contribution in [3.63, 3.8) is 0 Å². The van der Waals surface area contributed by atoms with Crippen LogP contribution in [0.25, 0.3) is 0 Å². The van der Waals surface area contributed by atoms with Gasteiger partial charge in [-0.1, -0.05) is 233 Å². The van der Waals surface area contributed by atoms with Gasteiger partial charge in [0.2, 0.25) is 0 Å². The van der Waals surface area contributed by atoms with Gasteiger partial charge in [-0.05, 0) is 122 Å². The number of rotatable bonds is 52. The number of ether oxygens (including phenoxy) is 3. The molecule has 0 aliphatic heterocycles. The molecule has 0 spiro atoms. The van der Waals surface area contributed by atoms with E-state index in [0.29, 0.717) is 19.3 Å². The van der Waals surface area contributed by atoms with Crippen molar-refractivity contribution >= 4 is 17.9 Å². The number of carbonyl (C=O) groups is 3. The van der Waals surface area contributed by atoms with Gasteiger partial charge in [0.15, 0.2) is 6.10 Å². The molecule has 0 saturated carbocycles. The number of hydrogen-bond acceptors (Lipinski definition) is 6. The Morgan fingerprint density at radius 2 is 0.549 bits per heavy atom. The van der Waals surface area contributed by atoms with E-state index in [2.05, 4.69) is 130 Å². The van der Waals surface area contributed by atoms with Crippen LogP contribution >= 0.6 is 0 Å². The lowest BCUT2D eigenvalue weighted by Crippen LogP contribution is -2.30. The molecule has 1 unspecified atom stereocenters. The number of esters is 3. The van der Waals surface area contributed by atoms with E-state index >= 15 is 0 Å². The van der Waals surface area contributed by atoms with Crippen LogP contribution in [0.4, 0.5) is 0 Å². The first kappa shape index (κ1) is 67.1. The minimum absolute atomic E-state index is 0.0963. The Kier molecular flexibility index (Phi) is 55.4. The molecule has 0 radical (unpaired) electrons. The van der Waals surface area contributed by atoms with Crippen LogP contribution in [0.5, 0.6) is 0 Å². The van der Waals surface area contributed by atoms with Crippen LogP contribution in [-0.4, -0.2) is 37.2 Å². The van der Waals surface area contributed by atoms with E-state index in [1.807, 2.05) is 0 Å². The number of unbranched alkanes of at least 4 members (excludes halogenated alkanes) is 23. The second kappa shape index (κ2) is 58.6. The quantitative estimate of drug-likeness (QED) is 0.0261. The molecular formula is C65H108O6. The lowest BCUT2D eigenvalue weighted by Gasteiger charge is -2.18. The van der Waals surface area contributed by atoms with Crippen molar-refractivity contribution in [3.05, 3.63) is 109 Å². The second-order valence-corrected chi connectivity index (χ2v) is 19.1. The first-order valence-corrected chi connectivity index (χ1v) is 29.4. The molecule has 0 aromatic heterocycles. The Morgan fingerprint density at radius 1 is 0.296 bits per heavy atom. The lowest BCUT2D eigenvalue weighted by molar-refractivity contribution is -0.167. The van der Waals surface area contributed by atoms with Crippen LogP contribution in [0, 0.1) is 0 Å². The largest absolute Gasteiger partial charge is 0.462 e. The SMILES string of the molecule is CC/C=C\C/C=C\C/C=C\C/C=C\C/C=C\CCCCCCCCCC(=O)OCC(COC(=O)CCCCC/C=C\C/C=C\C/C=C\CC)OC(=O)CCCCCCCCC/C=C\CCCCCCCC. The standard InChI is InChI=1S/C65H108O6/c1-4-7-10-13-16-19-22-25-27-29-30-31-32-33-34-36-37-40-43-46-49-52-55-58-64(67)70-61-62(60-69-63(66)57-54-51-48-45-42-39-24-21-18-15-12-9-6-3)71-65(68)59-56-53-50-47-44-41-38-35-28-26-23-20-17-14-11-8-5-2/h7,9-10,12,16,18-19,21,25-28,30-31,33-34,39,42,62H,4-6,8,11,13-15,17,20,22-24,29,32,35-38,40-41,43-61H2,1-3H3/b10-7-,12-9-,19-16-,21-18-,27-25-,28-26-,31-30-,34-33-,42-39-. The van der Waals surface area contributed by atoms with E-state index in [0.717, 1.165) is 122 Å². The van der Waals surface area contributed by atoms with Crippen LogP contribution in [0.1, 0.15) is 265 Å². The highest BCUT2D eigenvalue weighted by Gasteiger charge is 2.19. The summed E-state index contributed by atoms with van der Waals surface area (Å²) in [5, 5.41) is 0. The average molecular weight is 986 g/mol. The van der Waals surface area contributed by atoms with Crippen molar-refractivity contribution in [2.75, 3.05) is 13.2 Å². The summed E-state index contributed by atoms with van der Waals surface area (Å²) in [6, 6.07) is 0. The highest BCUT2D eigenvalue weighted by Crippen LogP contribution is 2.14. The van der Waals surface area contributed by atoms with Crippen molar-refractivity contribution in [2.45, 2.75) is 271 Å². The Bertz CT molecular complexity index is 1460. The molecule has 0 aromatic rings. The zero-order valence-corrected chi connectivity index (χ0v) is 46.2. The monoisotopic (exact) mass is 985 g/mol. The molecule has 71 heavy (non-hydrogen) atoms. The lowest BCUT2D eigenvalue weighted by atomic mass is 10.1. The summed E-state index contributed by atoms with van der Waals surface area (Å²) in [5.41, 5.74) is 0. The van der Waals surface area contributed by atoms with Gasteiger partial charge >= 0.3 is 17.9 Å². The number of allylic oxidation sites excluding steroid dienone is 18. The molecule has 0 aromatic carbocycles. The molecule has 0 saturated heterocycles. The molecule has 404 valence electrons. The molecular weight excluding hydrogens is 877 g/mol. The first-order chi connectivity index (χ1) is 35.0. The number of carbonyl (C=O) groups excluding carboxylic acids is 3. The van der Waals surface area contributed by atoms with Gasteiger partial charge in [-0.2, -0.15) is 0 Å². The normalized spacial score (nSPS) is 12.9. The van der Waals surface area contributed by atoms with E-state index in [4.69, 9.17) is 14.2 Å². The maximum absolute atomic E-state index is 12.9. The van der Waals surface area contributed by atoms with E-state index in [1.165, 1.54) is 103 Å². The third kappa shape index (κ3) is 56.9. The average Bonchev–Trinajstić information content (AvgIpc) is 3.37. The Labute approximate surface area is 438 Å². The van der Waals surface area contributed by atoms with E-state index in [9.17, 15) is 14.4 Å². The van der Waals surface area contributed by atoms with Gasteiger partial charge < -0.3 is 14.2 Å². The summed E-state index contributed by atoms with van der Waals surface area (Å²) < 4.78 is 16.8.